The standard InChI is InChI=1S/C29H42N2O4/c1-6-8-9-10-23-11-14-25(15-12-23)29(33)31(22(3)7-2)20-18-28(32)30-19-17-24-13-16-26(34-4)27(21-24)35-5/h11-16,21-22H,6-10,17-20H2,1-5H3,(H,30,32). The summed E-state index contributed by atoms with van der Waals surface area (Å²) in [5.74, 6) is 1.28. The quantitative estimate of drug-likeness (QED) is 0.344. The lowest BCUT2D eigenvalue weighted by Gasteiger charge is -2.28. The Bertz CT molecular complexity index is 927. The number of carbonyl (C=O) groups is 2. The van der Waals surface area contributed by atoms with Crippen LogP contribution in [0.15, 0.2) is 42.5 Å². The number of methoxy groups -OCH3 is 2. The summed E-state index contributed by atoms with van der Waals surface area (Å²) in [4.78, 5) is 27.5. The van der Waals surface area contributed by atoms with Gasteiger partial charge in [0.2, 0.25) is 5.91 Å². The molecule has 35 heavy (non-hydrogen) atoms. The van der Waals surface area contributed by atoms with E-state index in [1.807, 2.05) is 42.2 Å². The molecule has 2 aromatic carbocycles. The van der Waals surface area contributed by atoms with Gasteiger partial charge in [-0.3, -0.25) is 9.59 Å². The number of benzene rings is 2. The molecule has 6 nitrogen and oxygen atoms in total. The molecule has 6 heteroatoms. The maximum absolute atomic E-state index is 13.2. The van der Waals surface area contributed by atoms with E-state index in [2.05, 4.69) is 31.3 Å². The smallest absolute Gasteiger partial charge is 0.254 e. The number of amides is 2. The van der Waals surface area contributed by atoms with Crippen LogP contribution in [0.2, 0.25) is 0 Å². The zero-order valence-electron chi connectivity index (χ0n) is 22.1. The van der Waals surface area contributed by atoms with Crippen molar-refractivity contribution in [1.82, 2.24) is 10.2 Å². The summed E-state index contributed by atoms with van der Waals surface area (Å²) in [6.07, 6.45) is 6.43. The van der Waals surface area contributed by atoms with E-state index in [1.165, 1.54) is 24.8 Å². The molecule has 2 rings (SSSR count). The van der Waals surface area contributed by atoms with Gasteiger partial charge in [-0.05, 0) is 68.0 Å². The fourth-order valence-corrected chi connectivity index (χ4v) is 3.99. The Hall–Kier alpha value is -3.02. The van der Waals surface area contributed by atoms with Gasteiger partial charge in [-0.25, -0.2) is 0 Å². The molecule has 0 saturated carbocycles. The first-order valence-corrected chi connectivity index (χ1v) is 12.8. The molecule has 0 saturated heterocycles. The SMILES string of the molecule is CCCCCc1ccc(C(=O)N(CCC(=O)NCCc2ccc(OC)c(OC)c2)C(C)CC)cc1. The molecule has 2 amide bonds. The van der Waals surface area contributed by atoms with Crippen LogP contribution in [0.25, 0.3) is 0 Å². The monoisotopic (exact) mass is 482 g/mol. The highest BCUT2D eigenvalue weighted by Crippen LogP contribution is 2.27. The highest BCUT2D eigenvalue weighted by molar-refractivity contribution is 5.94. The van der Waals surface area contributed by atoms with Crippen LogP contribution in [0.3, 0.4) is 0 Å². The lowest BCUT2D eigenvalue weighted by Crippen LogP contribution is -2.41. The molecule has 0 fully saturated rings. The molecule has 0 aliphatic carbocycles. The van der Waals surface area contributed by atoms with Gasteiger partial charge in [0, 0.05) is 31.1 Å². The molecule has 1 atom stereocenters. The van der Waals surface area contributed by atoms with Crippen molar-refractivity contribution in [2.75, 3.05) is 27.3 Å². The minimum atomic E-state index is -0.0575. The van der Waals surface area contributed by atoms with Crippen molar-refractivity contribution in [2.45, 2.75) is 71.8 Å². The molecule has 0 aromatic heterocycles. The summed E-state index contributed by atoms with van der Waals surface area (Å²) in [5, 5.41) is 2.97. The summed E-state index contributed by atoms with van der Waals surface area (Å²) in [6, 6.07) is 13.8. The molecule has 1 N–H and O–H groups in total. The first kappa shape index (κ1) is 28.2. The Morgan fingerprint density at radius 3 is 2.23 bits per heavy atom. The van der Waals surface area contributed by atoms with Crippen molar-refractivity contribution in [3.05, 3.63) is 59.2 Å². The number of aryl methyl sites for hydroxylation is 1. The number of nitrogens with one attached hydrogen (secondary N) is 1. The Balaban J connectivity index is 1.88. The van der Waals surface area contributed by atoms with Crippen molar-refractivity contribution >= 4 is 11.8 Å². The largest absolute Gasteiger partial charge is 0.493 e. The molecule has 0 aliphatic rings. The second-order valence-electron chi connectivity index (χ2n) is 8.95. The first-order valence-electron chi connectivity index (χ1n) is 12.8. The molecule has 0 radical (unpaired) electrons. The molecule has 192 valence electrons. The maximum atomic E-state index is 13.2. The zero-order valence-corrected chi connectivity index (χ0v) is 22.1. The van der Waals surface area contributed by atoms with Crippen molar-refractivity contribution in [3.8, 4) is 11.5 Å². The minimum absolute atomic E-state index is 0.0161. The van der Waals surface area contributed by atoms with Crippen LogP contribution >= 0.6 is 0 Å². The summed E-state index contributed by atoms with van der Waals surface area (Å²) >= 11 is 0. The van der Waals surface area contributed by atoms with Crippen LogP contribution in [0.5, 0.6) is 11.5 Å². The van der Waals surface area contributed by atoms with Crippen molar-refractivity contribution in [1.29, 1.82) is 0 Å². The van der Waals surface area contributed by atoms with Crippen LogP contribution in [0.4, 0.5) is 0 Å². The molecule has 1 unspecified atom stereocenters. The van der Waals surface area contributed by atoms with Crippen molar-refractivity contribution in [3.63, 3.8) is 0 Å². The van der Waals surface area contributed by atoms with Crippen LogP contribution in [0, 0.1) is 0 Å². The van der Waals surface area contributed by atoms with Gasteiger partial charge in [-0.15, -0.1) is 0 Å². The van der Waals surface area contributed by atoms with E-state index in [4.69, 9.17) is 9.47 Å². The van der Waals surface area contributed by atoms with Gasteiger partial charge in [0.25, 0.3) is 5.91 Å². The van der Waals surface area contributed by atoms with E-state index in [0.29, 0.717) is 36.6 Å². The van der Waals surface area contributed by atoms with E-state index in [-0.39, 0.29) is 24.3 Å². The Kier molecular flexibility index (Phi) is 12.2. The maximum Gasteiger partial charge on any atom is 0.254 e. The molecule has 0 aliphatic heterocycles. The van der Waals surface area contributed by atoms with Gasteiger partial charge in [0.05, 0.1) is 14.2 Å². The number of rotatable bonds is 15. The molecule has 2 aromatic rings. The van der Waals surface area contributed by atoms with Crippen LogP contribution < -0.4 is 14.8 Å². The van der Waals surface area contributed by atoms with Crippen LogP contribution in [-0.2, 0) is 17.6 Å². The van der Waals surface area contributed by atoms with E-state index >= 15 is 0 Å². The summed E-state index contributed by atoms with van der Waals surface area (Å²) < 4.78 is 10.6. The van der Waals surface area contributed by atoms with E-state index in [0.717, 1.165) is 18.4 Å². The normalized spacial score (nSPS) is 11.6. The molecular weight excluding hydrogens is 440 g/mol. The Morgan fingerprint density at radius 2 is 1.60 bits per heavy atom. The first-order chi connectivity index (χ1) is 16.9. The van der Waals surface area contributed by atoms with E-state index in [9.17, 15) is 9.59 Å². The Labute approximate surface area is 211 Å². The second kappa shape index (κ2) is 15.1. The second-order valence-corrected chi connectivity index (χ2v) is 8.95. The molecular formula is C29H42N2O4. The molecule has 0 heterocycles. The number of unbranched alkanes of at least 4 members (excludes halogenated alkanes) is 2. The lowest BCUT2D eigenvalue weighted by molar-refractivity contribution is -0.121. The number of hydrogen-bond donors (Lipinski definition) is 1. The van der Waals surface area contributed by atoms with Gasteiger partial charge in [-0.2, -0.15) is 0 Å². The fraction of sp³-hybridized carbons (Fsp3) is 0.517. The highest BCUT2D eigenvalue weighted by atomic mass is 16.5. The third kappa shape index (κ3) is 8.93. The number of ether oxygens (including phenoxy) is 2. The van der Waals surface area contributed by atoms with Crippen LogP contribution in [0.1, 0.15) is 74.4 Å². The van der Waals surface area contributed by atoms with Crippen LogP contribution in [-0.4, -0.2) is 50.1 Å². The molecule has 0 spiro atoms. The zero-order chi connectivity index (χ0) is 25.6. The predicted octanol–water partition coefficient (Wildman–Crippen LogP) is 5.43. The Morgan fingerprint density at radius 1 is 0.914 bits per heavy atom. The molecule has 0 bridgehead atoms. The predicted molar refractivity (Wildman–Crippen MR) is 141 cm³/mol. The minimum Gasteiger partial charge on any atom is -0.493 e. The van der Waals surface area contributed by atoms with Gasteiger partial charge in [0.1, 0.15) is 0 Å². The number of carbonyl (C=O) groups excluding carboxylic acids is 2. The summed E-state index contributed by atoms with van der Waals surface area (Å²) in [5.41, 5.74) is 3.00. The third-order valence-corrected chi connectivity index (χ3v) is 6.42. The van der Waals surface area contributed by atoms with Gasteiger partial charge >= 0.3 is 0 Å². The topological polar surface area (TPSA) is 67.9 Å². The highest BCUT2D eigenvalue weighted by Gasteiger charge is 2.21. The lowest BCUT2D eigenvalue weighted by atomic mass is 10.0. The van der Waals surface area contributed by atoms with E-state index < -0.39 is 0 Å². The average molecular weight is 483 g/mol. The average Bonchev–Trinajstić information content (AvgIpc) is 2.88. The third-order valence-electron chi connectivity index (χ3n) is 6.42. The number of nitrogens with zero attached hydrogens (tertiary/aromatic N) is 1. The van der Waals surface area contributed by atoms with Crippen molar-refractivity contribution in [2.24, 2.45) is 0 Å². The van der Waals surface area contributed by atoms with E-state index in [1.54, 1.807) is 14.2 Å². The summed E-state index contributed by atoms with van der Waals surface area (Å²) in [7, 11) is 3.21. The van der Waals surface area contributed by atoms with Gasteiger partial charge in [-0.1, -0.05) is 44.9 Å². The van der Waals surface area contributed by atoms with Gasteiger partial charge in [0.15, 0.2) is 11.5 Å². The number of hydrogen-bond acceptors (Lipinski definition) is 4. The van der Waals surface area contributed by atoms with Gasteiger partial charge < -0.3 is 19.7 Å². The fourth-order valence-electron chi connectivity index (χ4n) is 3.99. The summed E-state index contributed by atoms with van der Waals surface area (Å²) in [6.45, 7) is 7.21. The van der Waals surface area contributed by atoms with Crippen molar-refractivity contribution < 1.29 is 19.1 Å².